The summed E-state index contributed by atoms with van der Waals surface area (Å²) in [6.07, 6.45) is 4.76. The van der Waals surface area contributed by atoms with E-state index in [9.17, 15) is 14.7 Å². The highest BCUT2D eigenvalue weighted by molar-refractivity contribution is 5.85. The Kier molecular flexibility index (Phi) is 5.67. The Hall–Kier alpha value is -2.86. The molecule has 1 aliphatic heterocycles. The van der Waals surface area contributed by atoms with Gasteiger partial charge < -0.3 is 20.1 Å². The van der Waals surface area contributed by atoms with Crippen LogP contribution in [0.1, 0.15) is 51.5 Å². The number of carbonyl (C=O) groups is 2. The van der Waals surface area contributed by atoms with E-state index in [2.05, 4.69) is 26.2 Å². The molecule has 34 heavy (non-hydrogen) atoms. The number of anilines is 1. The van der Waals surface area contributed by atoms with Gasteiger partial charge in [-0.15, -0.1) is 0 Å². The fraction of sp³-hybridized carbons (Fsp3) is 0.680. The summed E-state index contributed by atoms with van der Waals surface area (Å²) in [7, 11) is 0. The van der Waals surface area contributed by atoms with Gasteiger partial charge in [-0.3, -0.25) is 9.69 Å². The Labute approximate surface area is 200 Å². The largest absolute Gasteiger partial charge is 0.506 e. The molecule has 0 radical (unpaired) electrons. The van der Waals surface area contributed by atoms with Gasteiger partial charge in [-0.2, -0.15) is 5.26 Å². The first-order valence-electron chi connectivity index (χ1n) is 12.3. The van der Waals surface area contributed by atoms with Crippen LogP contribution in [-0.4, -0.2) is 70.4 Å². The standard InChI is InChI=1S/C25H33N5O4/c1-24(2,30-7-5-29(6-8-30)20-4-3-16(14-26)15-27-20)22(31)28-21-18-9-17-10-19(21)13-25(11-17,12-18)34-23(32)33/h3-4,15,17-19,21H,5-13H2,1-2H3,(H,28,31)(H,32,33). The lowest BCUT2D eigenvalue weighted by molar-refractivity contribution is -0.157. The molecular formula is C25H33N5O4. The molecule has 5 fully saturated rings. The third-order valence-electron chi connectivity index (χ3n) is 8.65. The Balaban J connectivity index is 1.20. The number of nitriles is 1. The molecule has 2 heterocycles. The number of rotatable bonds is 5. The SMILES string of the molecule is CC(C)(C(=O)NC1C2CC3CC1CC(OC(=O)O)(C3)C2)N1CCN(c2ccc(C#N)cn2)CC1. The number of nitrogens with zero attached hydrogens (tertiary/aromatic N) is 4. The molecule has 9 heteroatoms. The van der Waals surface area contributed by atoms with Gasteiger partial charge in [0.25, 0.3) is 0 Å². The number of nitrogens with one attached hydrogen (secondary N) is 1. The topological polar surface area (TPSA) is 119 Å². The minimum Gasteiger partial charge on any atom is -0.450 e. The first-order chi connectivity index (χ1) is 16.2. The number of ether oxygens (including phenoxy) is 1. The number of hydrogen-bond donors (Lipinski definition) is 2. The average Bonchev–Trinajstić information content (AvgIpc) is 2.80. The molecule has 4 aliphatic carbocycles. The molecule has 0 spiro atoms. The van der Waals surface area contributed by atoms with Crippen LogP contribution in [0.15, 0.2) is 18.3 Å². The zero-order chi connectivity index (χ0) is 24.1. The summed E-state index contributed by atoms with van der Waals surface area (Å²) in [6.45, 7) is 7.00. The van der Waals surface area contributed by atoms with Gasteiger partial charge in [0.05, 0.1) is 11.1 Å². The molecular weight excluding hydrogens is 434 g/mol. The summed E-state index contributed by atoms with van der Waals surface area (Å²) in [5.74, 6) is 1.96. The number of carboxylic acid groups (broad SMARTS) is 1. The Morgan fingerprint density at radius 1 is 1.18 bits per heavy atom. The van der Waals surface area contributed by atoms with Crippen LogP contribution in [0.25, 0.3) is 0 Å². The molecule has 9 nitrogen and oxygen atoms in total. The molecule has 2 unspecified atom stereocenters. The van der Waals surface area contributed by atoms with E-state index in [1.165, 1.54) is 0 Å². The molecule has 1 saturated heterocycles. The lowest BCUT2D eigenvalue weighted by Gasteiger charge is -2.59. The highest BCUT2D eigenvalue weighted by atomic mass is 16.7. The van der Waals surface area contributed by atoms with Crippen molar-refractivity contribution in [2.45, 2.75) is 63.1 Å². The molecule has 182 valence electrons. The number of pyridine rings is 1. The predicted octanol–water partition coefficient (Wildman–Crippen LogP) is 2.61. The summed E-state index contributed by atoms with van der Waals surface area (Å²) in [5.41, 5.74) is -0.645. The molecule has 1 amide bonds. The first-order valence-corrected chi connectivity index (χ1v) is 12.3. The van der Waals surface area contributed by atoms with Gasteiger partial charge in [0.2, 0.25) is 5.91 Å². The summed E-state index contributed by atoms with van der Waals surface area (Å²) >= 11 is 0. The van der Waals surface area contributed by atoms with Gasteiger partial charge in [0.1, 0.15) is 17.5 Å². The van der Waals surface area contributed by atoms with Crippen LogP contribution in [0, 0.1) is 29.1 Å². The van der Waals surface area contributed by atoms with E-state index >= 15 is 0 Å². The van der Waals surface area contributed by atoms with Crippen LogP contribution in [-0.2, 0) is 9.53 Å². The van der Waals surface area contributed by atoms with Crippen LogP contribution in [0.2, 0.25) is 0 Å². The van der Waals surface area contributed by atoms with E-state index in [0.29, 0.717) is 24.3 Å². The van der Waals surface area contributed by atoms with E-state index < -0.39 is 17.3 Å². The molecule has 5 aliphatic rings. The van der Waals surface area contributed by atoms with E-state index in [-0.39, 0.29) is 23.8 Å². The maximum absolute atomic E-state index is 13.5. The van der Waals surface area contributed by atoms with E-state index in [1.807, 2.05) is 19.9 Å². The van der Waals surface area contributed by atoms with Crippen molar-refractivity contribution in [1.29, 1.82) is 5.26 Å². The van der Waals surface area contributed by atoms with Crippen molar-refractivity contribution in [3.05, 3.63) is 23.9 Å². The smallest absolute Gasteiger partial charge is 0.450 e. The second kappa shape index (κ2) is 8.42. The van der Waals surface area contributed by atoms with Crippen LogP contribution in [0.5, 0.6) is 0 Å². The number of aromatic nitrogens is 1. The lowest BCUT2D eigenvalue weighted by atomic mass is 9.52. The van der Waals surface area contributed by atoms with Gasteiger partial charge in [0, 0.05) is 38.4 Å². The summed E-state index contributed by atoms with van der Waals surface area (Å²) < 4.78 is 5.40. The van der Waals surface area contributed by atoms with Gasteiger partial charge >= 0.3 is 6.16 Å². The minimum atomic E-state index is -1.18. The third kappa shape index (κ3) is 4.09. The maximum atomic E-state index is 13.5. The van der Waals surface area contributed by atoms with Crippen molar-refractivity contribution in [2.75, 3.05) is 31.1 Å². The summed E-state index contributed by atoms with van der Waals surface area (Å²) in [6, 6.07) is 5.84. The molecule has 1 aromatic heterocycles. The second-order valence-electron chi connectivity index (χ2n) is 11.1. The van der Waals surface area contributed by atoms with Crippen molar-refractivity contribution >= 4 is 17.9 Å². The van der Waals surface area contributed by atoms with Crippen molar-refractivity contribution in [3.8, 4) is 6.07 Å². The summed E-state index contributed by atoms with van der Waals surface area (Å²) in [4.78, 5) is 33.6. The van der Waals surface area contributed by atoms with Crippen molar-refractivity contribution < 1.29 is 19.4 Å². The van der Waals surface area contributed by atoms with Gasteiger partial charge in [-0.25, -0.2) is 9.78 Å². The second-order valence-corrected chi connectivity index (χ2v) is 11.1. The lowest BCUT2D eigenvalue weighted by Crippen LogP contribution is -2.66. The van der Waals surface area contributed by atoms with Crippen LogP contribution < -0.4 is 10.2 Å². The summed E-state index contributed by atoms with van der Waals surface area (Å²) in [5, 5.41) is 21.6. The Morgan fingerprint density at radius 2 is 1.85 bits per heavy atom. The van der Waals surface area contributed by atoms with Gasteiger partial charge in [-0.1, -0.05) is 0 Å². The predicted molar refractivity (Wildman–Crippen MR) is 124 cm³/mol. The minimum absolute atomic E-state index is 0.0446. The average molecular weight is 468 g/mol. The number of piperazine rings is 1. The highest BCUT2D eigenvalue weighted by Crippen LogP contribution is 2.57. The molecule has 1 aromatic rings. The zero-order valence-electron chi connectivity index (χ0n) is 19.9. The molecule has 4 saturated carbocycles. The van der Waals surface area contributed by atoms with E-state index in [1.54, 1.807) is 12.3 Å². The number of amides is 1. The maximum Gasteiger partial charge on any atom is 0.506 e. The van der Waals surface area contributed by atoms with Crippen molar-refractivity contribution in [1.82, 2.24) is 15.2 Å². The highest BCUT2D eigenvalue weighted by Gasteiger charge is 2.58. The fourth-order valence-electron chi connectivity index (χ4n) is 7.10. The molecule has 2 atom stereocenters. The normalized spacial score (nSPS) is 32.8. The zero-order valence-corrected chi connectivity index (χ0v) is 19.9. The van der Waals surface area contributed by atoms with Gasteiger partial charge in [-0.05, 0) is 75.8 Å². The third-order valence-corrected chi connectivity index (χ3v) is 8.65. The Morgan fingerprint density at radius 3 is 2.41 bits per heavy atom. The number of hydrogen-bond acceptors (Lipinski definition) is 7. The molecule has 4 bridgehead atoms. The van der Waals surface area contributed by atoms with Crippen LogP contribution in [0.4, 0.5) is 10.6 Å². The molecule has 0 aromatic carbocycles. The van der Waals surface area contributed by atoms with E-state index in [0.717, 1.165) is 51.3 Å². The van der Waals surface area contributed by atoms with Crippen LogP contribution >= 0.6 is 0 Å². The monoisotopic (exact) mass is 467 g/mol. The first kappa shape index (κ1) is 22.9. The quantitative estimate of drug-likeness (QED) is 0.635. The molecule has 2 N–H and O–H groups in total. The van der Waals surface area contributed by atoms with Crippen LogP contribution in [0.3, 0.4) is 0 Å². The van der Waals surface area contributed by atoms with E-state index in [4.69, 9.17) is 10.00 Å². The fourth-order valence-corrected chi connectivity index (χ4v) is 7.10. The van der Waals surface area contributed by atoms with Crippen molar-refractivity contribution in [3.63, 3.8) is 0 Å². The van der Waals surface area contributed by atoms with Gasteiger partial charge in [0.15, 0.2) is 0 Å². The number of carbonyl (C=O) groups excluding carboxylic acids is 1. The van der Waals surface area contributed by atoms with Crippen molar-refractivity contribution in [2.24, 2.45) is 17.8 Å². The Bertz CT molecular complexity index is 980. The molecule has 6 rings (SSSR count).